The van der Waals surface area contributed by atoms with E-state index in [2.05, 4.69) is 15.3 Å². The van der Waals surface area contributed by atoms with Gasteiger partial charge in [-0.25, -0.2) is 4.98 Å². The van der Waals surface area contributed by atoms with Gasteiger partial charge in [0.15, 0.2) is 6.61 Å². The largest absolute Gasteiger partial charge is 0.456 e. The molecule has 0 atom stereocenters. The van der Waals surface area contributed by atoms with E-state index in [-0.39, 0.29) is 24.4 Å². The summed E-state index contributed by atoms with van der Waals surface area (Å²) < 4.78 is 4.86. The molecule has 0 radical (unpaired) electrons. The van der Waals surface area contributed by atoms with Crippen LogP contribution >= 0.6 is 0 Å². The summed E-state index contributed by atoms with van der Waals surface area (Å²) in [7, 11) is 3.15. The molecular weight excluding hydrogens is 352 g/mol. The molecule has 0 aliphatic rings. The lowest BCUT2D eigenvalue weighted by Crippen LogP contribution is -2.38. The van der Waals surface area contributed by atoms with Crippen LogP contribution in [-0.4, -0.2) is 59.9 Å². The fourth-order valence-corrected chi connectivity index (χ4v) is 2.26. The predicted molar refractivity (Wildman–Crippen MR) is 98.0 cm³/mol. The number of para-hydroxylation sites is 1. The zero-order valence-electron chi connectivity index (χ0n) is 15.3. The van der Waals surface area contributed by atoms with Gasteiger partial charge in [-0.05, 0) is 18.6 Å². The van der Waals surface area contributed by atoms with Crippen molar-refractivity contribution in [2.24, 2.45) is 0 Å². The van der Waals surface area contributed by atoms with Gasteiger partial charge in [-0.1, -0.05) is 12.1 Å². The molecule has 0 bridgehead atoms. The van der Waals surface area contributed by atoms with E-state index in [0.29, 0.717) is 29.6 Å². The van der Waals surface area contributed by atoms with E-state index in [1.165, 1.54) is 4.90 Å². The number of hydrogen-bond donors (Lipinski definition) is 2. The number of aromatic nitrogens is 2. The maximum absolute atomic E-state index is 12.0. The number of nitrogens with zero attached hydrogens (tertiary/aromatic N) is 2. The second-order valence-corrected chi connectivity index (χ2v) is 6.11. The maximum atomic E-state index is 12.0. The first-order valence-electron chi connectivity index (χ1n) is 8.47. The Kier molecular flexibility index (Phi) is 7.04. The van der Waals surface area contributed by atoms with Crippen molar-refractivity contribution < 1.29 is 19.1 Å². The number of likely N-dealkylation sites (N-methyl/N-ethyl adjacent to an activating group) is 1. The summed E-state index contributed by atoms with van der Waals surface area (Å²) in [5, 5.41) is 2.88. The molecule has 144 valence electrons. The summed E-state index contributed by atoms with van der Waals surface area (Å²) in [5.74, 6) is -0.843. The Bertz CT molecular complexity index is 891. The van der Waals surface area contributed by atoms with Gasteiger partial charge in [0.25, 0.3) is 11.5 Å². The lowest BCUT2D eigenvalue weighted by atomic mass is 10.2. The van der Waals surface area contributed by atoms with Gasteiger partial charge in [-0.3, -0.25) is 19.2 Å². The predicted octanol–water partition coefficient (Wildman–Crippen LogP) is -0.00660. The highest BCUT2D eigenvalue weighted by Gasteiger charge is 2.11. The second kappa shape index (κ2) is 9.46. The molecule has 0 fully saturated rings. The van der Waals surface area contributed by atoms with E-state index in [1.807, 2.05) is 0 Å². The molecule has 0 aliphatic carbocycles. The third kappa shape index (κ3) is 6.21. The van der Waals surface area contributed by atoms with Crippen molar-refractivity contribution in [3.05, 3.63) is 40.4 Å². The van der Waals surface area contributed by atoms with Crippen LogP contribution in [-0.2, 0) is 25.5 Å². The number of benzene rings is 1. The SMILES string of the molecule is CN(C)C(=O)CNC(=O)COC(=O)CCCc1nc2ccccc2c(=O)[nH]1. The Morgan fingerprint density at radius 3 is 2.70 bits per heavy atom. The van der Waals surface area contributed by atoms with Crippen LogP contribution in [0.1, 0.15) is 18.7 Å². The third-order valence-electron chi connectivity index (χ3n) is 3.76. The summed E-state index contributed by atoms with van der Waals surface area (Å²) in [4.78, 5) is 54.9. The minimum Gasteiger partial charge on any atom is -0.456 e. The number of aryl methyl sites for hydroxylation is 1. The van der Waals surface area contributed by atoms with Gasteiger partial charge < -0.3 is 19.9 Å². The van der Waals surface area contributed by atoms with Crippen LogP contribution in [0.4, 0.5) is 0 Å². The normalized spacial score (nSPS) is 10.4. The van der Waals surface area contributed by atoms with Gasteiger partial charge >= 0.3 is 5.97 Å². The van der Waals surface area contributed by atoms with Gasteiger partial charge in [0.05, 0.1) is 17.4 Å². The quantitative estimate of drug-likeness (QED) is 0.627. The lowest BCUT2D eigenvalue weighted by molar-refractivity contribution is -0.148. The molecule has 0 aliphatic heterocycles. The average Bonchev–Trinajstić information content (AvgIpc) is 2.64. The highest BCUT2D eigenvalue weighted by Crippen LogP contribution is 2.07. The summed E-state index contributed by atoms with van der Waals surface area (Å²) in [6, 6.07) is 7.01. The summed E-state index contributed by atoms with van der Waals surface area (Å²) >= 11 is 0. The molecule has 0 unspecified atom stereocenters. The van der Waals surface area contributed by atoms with Crippen LogP contribution in [0.5, 0.6) is 0 Å². The molecule has 2 amide bonds. The summed E-state index contributed by atoms with van der Waals surface area (Å²) in [6.07, 6.45) is 0.903. The molecule has 9 nitrogen and oxygen atoms in total. The molecule has 27 heavy (non-hydrogen) atoms. The Hall–Kier alpha value is -3.23. The van der Waals surface area contributed by atoms with Gasteiger partial charge in [0, 0.05) is 26.9 Å². The number of nitrogens with one attached hydrogen (secondary N) is 2. The van der Waals surface area contributed by atoms with Crippen LogP contribution in [0, 0.1) is 0 Å². The zero-order valence-corrected chi connectivity index (χ0v) is 15.3. The van der Waals surface area contributed by atoms with Gasteiger partial charge in [0.2, 0.25) is 5.91 Å². The Labute approximate surface area is 155 Å². The van der Waals surface area contributed by atoms with E-state index in [4.69, 9.17) is 4.74 Å². The molecule has 2 rings (SSSR count). The van der Waals surface area contributed by atoms with Crippen molar-refractivity contribution in [3.8, 4) is 0 Å². The van der Waals surface area contributed by atoms with E-state index in [9.17, 15) is 19.2 Å². The van der Waals surface area contributed by atoms with E-state index in [1.54, 1.807) is 38.4 Å². The van der Waals surface area contributed by atoms with Crippen LogP contribution in [0.3, 0.4) is 0 Å². The second-order valence-electron chi connectivity index (χ2n) is 6.11. The van der Waals surface area contributed by atoms with Gasteiger partial charge in [-0.15, -0.1) is 0 Å². The smallest absolute Gasteiger partial charge is 0.306 e. The van der Waals surface area contributed by atoms with Crippen molar-refractivity contribution in [2.75, 3.05) is 27.2 Å². The number of amides is 2. The highest BCUT2D eigenvalue weighted by atomic mass is 16.5. The molecule has 1 aromatic heterocycles. The lowest BCUT2D eigenvalue weighted by Gasteiger charge is -2.11. The molecule has 0 saturated carbocycles. The minimum atomic E-state index is -0.543. The topological polar surface area (TPSA) is 121 Å². The number of carbonyl (C=O) groups is 3. The number of aromatic amines is 1. The highest BCUT2D eigenvalue weighted by molar-refractivity contribution is 5.86. The fraction of sp³-hybridized carbons (Fsp3) is 0.389. The van der Waals surface area contributed by atoms with Crippen molar-refractivity contribution in [3.63, 3.8) is 0 Å². The van der Waals surface area contributed by atoms with E-state index >= 15 is 0 Å². The number of rotatable bonds is 8. The number of esters is 1. The van der Waals surface area contributed by atoms with Crippen molar-refractivity contribution >= 4 is 28.7 Å². The molecular formula is C18H22N4O5. The fourth-order valence-electron chi connectivity index (χ4n) is 2.26. The number of ether oxygens (including phenoxy) is 1. The molecule has 0 spiro atoms. The summed E-state index contributed by atoms with van der Waals surface area (Å²) in [6.45, 7) is -0.588. The molecule has 1 aromatic carbocycles. The van der Waals surface area contributed by atoms with Crippen LogP contribution in [0.15, 0.2) is 29.1 Å². The zero-order chi connectivity index (χ0) is 19.8. The van der Waals surface area contributed by atoms with Crippen molar-refractivity contribution in [1.29, 1.82) is 0 Å². The number of fused-ring (bicyclic) bond motifs is 1. The minimum absolute atomic E-state index is 0.0838. The van der Waals surface area contributed by atoms with Crippen LogP contribution in [0.25, 0.3) is 10.9 Å². The molecule has 2 N–H and O–H groups in total. The first-order chi connectivity index (χ1) is 12.9. The van der Waals surface area contributed by atoms with Gasteiger partial charge in [-0.2, -0.15) is 0 Å². The first kappa shape index (κ1) is 20.1. The average molecular weight is 374 g/mol. The van der Waals surface area contributed by atoms with Crippen molar-refractivity contribution in [2.45, 2.75) is 19.3 Å². The molecule has 2 aromatic rings. The Morgan fingerprint density at radius 2 is 1.96 bits per heavy atom. The number of H-pyrrole nitrogens is 1. The van der Waals surface area contributed by atoms with E-state index in [0.717, 1.165) is 0 Å². The summed E-state index contributed by atoms with van der Waals surface area (Å²) in [5.41, 5.74) is 0.380. The monoisotopic (exact) mass is 374 g/mol. The Morgan fingerprint density at radius 1 is 1.22 bits per heavy atom. The first-order valence-corrected chi connectivity index (χ1v) is 8.47. The Balaban J connectivity index is 1.72. The molecule has 9 heteroatoms. The number of hydrogen-bond acceptors (Lipinski definition) is 6. The molecule has 0 saturated heterocycles. The van der Waals surface area contributed by atoms with Gasteiger partial charge in [0.1, 0.15) is 5.82 Å². The van der Waals surface area contributed by atoms with E-state index < -0.39 is 18.5 Å². The molecule has 1 heterocycles. The number of carbonyl (C=O) groups excluding carboxylic acids is 3. The third-order valence-corrected chi connectivity index (χ3v) is 3.76. The van der Waals surface area contributed by atoms with Crippen LogP contribution in [0.2, 0.25) is 0 Å². The maximum Gasteiger partial charge on any atom is 0.306 e. The van der Waals surface area contributed by atoms with Crippen molar-refractivity contribution in [1.82, 2.24) is 20.2 Å². The van der Waals surface area contributed by atoms with Crippen LogP contribution < -0.4 is 10.9 Å². The standard InChI is InChI=1S/C18H22N4O5/c1-22(2)16(24)10-19-15(23)11-27-17(25)9-5-8-14-20-13-7-4-3-6-12(13)18(26)21-14/h3-4,6-7H,5,8-11H2,1-2H3,(H,19,23)(H,20,21,26).